The number of rotatable bonds is 7. The predicted molar refractivity (Wildman–Crippen MR) is 145 cm³/mol. The van der Waals surface area contributed by atoms with Crippen molar-refractivity contribution in [3.63, 3.8) is 0 Å². The van der Waals surface area contributed by atoms with Gasteiger partial charge in [-0.2, -0.15) is 0 Å². The van der Waals surface area contributed by atoms with E-state index < -0.39 is 35.1 Å². The maximum absolute atomic E-state index is 13.8. The van der Waals surface area contributed by atoms with Gasteiger partial charge in [-0.3, -0.25) is 0 Å². The lowest BCUT2D eigenvalue weighted by Crippen LogP contribution is -2.47. The summed E-state index contributed by atoms with van der Waals surface area (Å²) in [5, 5.41) is 20.7. The number of aryl methyl sites for hydroxylation is 1. The van der Waals surface area contributed by atoms with Crippen molar-refractivity contribution in [2.45, 2.75) is 57.8 Å². The first kappa shape index (κ1) is 28.4. The van der Waals surface area contributed by atoms with Crippen LogP contribution in [-0.4, -0.2) is 45.4 Å². The van der Waals surface area contributed by atoms with Crippen LogP contribution in [0.3, 0.4) is 0 Å². The number of aliphatic hydroxyl groups is 1. The fourth-order valence-corrected chi connectivity index (χ4v) is 4.81. The summed E-state index contributed by atoms with van der Waals surface area (Å²) in [5.74, 6) is -1.57. The van der Waals surface area contributed by atoms with E-state index in [1.807, 2.05) is 12.1 Å². The maximum atomic E-state index is 13.8. The number of fused-ring (bicyclic) bond motifs is 1. The van der Waals surface area contributed by atoms with Crippen molar-refractivity contribution in [2.24, 2.45) is 0 Å². The number of amides is 1. The summed E-state index contributed by atoms with van der Waals surface area (Å²) in [5.41, 5.74) is 1.46. The van der Waals surface area contributed by atoms with Crippen LogP contribution in [0.4, 0.5) is 9.18 Å². The molecule has 0 saturated heterocycles. The molecule has 0 aromatic heterocycles. The molecule has 9 heteroatoms. The second-order valence-corrected chi connectivity index (χ2v) is 11.0. The highest BCUT2D eigenvalue weighted by atomic mass is 35.5. The van der Waals surface area contributed by atoms with E-state index >= 15 is 0 Å². The van der Waals surface area contributed by atoms with Gasteiger partial charge in [-0.25, -0.2) is 14.0 Å². The molecule has 3 aromatic rings. The monoisotopic (exact) mass is 555 g/mol. The van der Waals surface area contributed by atoms with Crippen LogP contribution < -0.4 is 4.74 Å². The Morgan fingerprint density at radius 2 is 1.79 bits per heavy atom. The number of hydrogen-bond acceptors (Lipinski definition) is 5. The molecule has 4 rings (SSSR count). The Kier molecular flexibility index (Phi) is 8.47. The third kappa shape index (κ3) is 7.28. The Bertz CT molecular complexity index is 1370. The van der Waals surface area contributed by atoms with Crippen LogP contribution in [0.1, 0.15) is 60.3 Å². The Hall–Kier alpha value is -3.62. The molecule has 2 atom stereocenters. The Morgan fingerprint density at radius 3 is 2.49 bits per heavy atom. The second kappa shape index (κ2) is 11.6. The van der Waals surface area contributed by atoms with Crippen molar-refractivity contribution in [2.75, 3.05) is 6.54 Å². The van der Waals surface area contributed by atoms with Crippen LogP contribution in [-0.2, 0) is 17.6 Å². The number of carboxylic acid groups (broad SMARTS) is 1. The molecule has 0 aliphatic heterocycles. The lowest BCUT2D eigenvalue weighted by atomic mass is 9.87. The Labute approximate surface area is 231 Å². The molecule has 0 spiro atoms. The SMILES string of the molecule is CC(C)(C)OC(=O)N(C[C@H](O)c1cccc(Cl)c1)[C@H]1CCc2ccc(Oc3ccc(F)c(C(=O)O)c3)cc2C1. The van der Waals surface area contributed by atoms with Crippen LogP contribution in [0.15, 0.2) is 60.7 Å². The van der Waals surface area contributed by atoms with Crippen molar-refractivity contribution in [3.05, 3.63) is 93.8 Å². The minimum absolute atomic E-state index is 0.0268. The van der Waals surface area contributed by atoms with E-state index in [9.17, 15) is 24.2 Å². The van der Waals surface area contributed by atoms with Gasteiger partial charge in [0.2, 0.25) is 0 Å². The quantitative estimate of drug-likeness (QED) is 0.333. The van der Waals surface area contributed by atoms with E-state index in [-0.39, 0.29) is 18.3 Å². The first-order valence-electron chi connectivity index (χ1n) is 12.7. The molecule has 0 fully saturated rings. The van der Waals surface area contributed by atoms with E-state index in [0.29, 0.717) is 35.6 Å². The smallest absolute Gasteiger partial charge is 0.410 e. The normalized spacial score (nSPS) is 15.7. The van der Waals surface area contributed by atoms with Gasteiger partial charge in [-0.1, -0.05) is 29.8 Å². The highest BCUT2D eigenvalue weighted by molar-refractivity contribution is 6.30. The molecule has 0 saturated carbocycles. The zero-order chi connectivity index (χ0) is 28.3. The summed E-state index contributed by atoms with van der Waals surface area (Å²) in [6.45, 7) is 5.41. The van der Waals surface area contributed by atoms with Crippen molar-refractivity contribution >= 4 is 23.7 Å². The van der Waals surface area contributed by atoms with Crippen molar-refractivity contribution in [1.82, 2.24) is 4.90 Å². The maximum Gasteiger partial charge on any atom is 0.410 e. The average molecular weight is 556 g/mol. The predicted octanol–water partition coefficient (Wildman–Crippen LogP) is 6.80. The molecule has 1 amide bonds. The summed E-state index contributed by atoms with van der Waals surface area (Å²) in [6.07, 6.45) is 0.394. The van der Waals surface area contributed by atoms with Gasteiger partial charge >= 0.3 is 12.1 Å². The van der Waals surface area contributed by atoms with Crippen LogP contribution >= 0.6 is 11.6 Å². The van der Waals surface area contributed by atoms with Crippen LogP contribution in [0, 0.1) is 5.82 Å². The minimum atomic E-state index is -1.38. The molecule has 0 heterocycles. The van der Waals surface area contributed by atoms with E-state index in [2.05, 4.69) is 0 Å². The number of aromatic carboxylic acids is 1. The first-order chi connectivity index (χ1) is 18.4. The van der Waals surface area contributed by atoms with Crippen LogP contribution in [0.25, 0.3) is 0 Å². The number of nitrogens with zero attached hydrogens (tertiary/aromatic N) is 1. The van der Waals surface area contributed by atoms with Crippen molar-refractivity contribution in [3.8, 4) is 11.5 Å². The van der Waals surface area contributed by atoms with Gasteiger partial charge in [-0.05, 0) is 99.2 Å². The Morgan fingerprint density at radius 1 is 1.08 bits per heavy atom. The highest BCUT2D eigenvalue weighted by Gasteiger charge is 2.33. The van der Waals surface area contributed by atoms with Gasteiger partial charge in [0.1, 0.15) is 22.9 Å². The first-order valence-corrected chi connectivity index (χ1v) is 13.0. The number of carbonyl (C=O) groups excluding carboxylic acids is 1. The molecule has 2 N–H and O–H groups in total. The second-order valence-electron chi connectivity index (χ2n) is 10.6. The molecular formula is C30H31ClFNO6. The number of aliphatic hydroxyl groups excluding tert-OH is 1. The van der Waals surface area contributed by atoms with Gasteiger partial charge in [0, 0.05) is 11.1 Å². The fraction of sp³-hybridized carbons (Fsp3) is 0.333. The summed E-state index contributed by atoms with van der Waals surface area (Å²) in [4.78, 5) is 26.1. The van der Waals surface area contributed by atoms with Gasteiger partial charge in [0.25, 0.3) is 0 Å². The minimum Gasteiger partial charge on any atom is -0.478 e. The number of halogens is 2. The molecule has 3 aromatic carbocycles. The van der Waals surface area contributed by atoms with E-state index in [0.717, 1.165) is 23.3 Å². The standard InChI is InChI=1S/C30H31ClFNO6/c1-30(2,3)39-29(37)33(17-27(34)19-5-4-6-21(31)13-19)22-9-7-18-8-10-23(15-20(18)14-22)38-24-11-12-26(32)25(16-24)28(35)36/h4-6,8,10-13,15-16,22,27,34H,7,9,14,17H2,1-3H3,(H,35,36)/t22-,27-/m0/s1. The number of ether oxygens (including phenoxy) is 2. The topological polar surface area (TPSA) is 96.3 Å². The highest BCUT2D eigenvalue weighted by Crippen LogP contribution is 2.32. The molecule has 39 heavy (non-hydrogen) atoms. The number of benzene rings is 3. The zero-order valence-corrected chi connectivity index (χ0v) is 22.7. The molecule has 0 bridgehead atoms. The van der Waals surface area contributed by atoms with E-state index in [1.54, 1.807) is 56.0 Å². The third-order valence-corrected chi connectivity index (χ3v) is 6.69. The number of carbonyl (C=O) groups is 2. The molecule has 1 aliphatic carbocycles. The number of carboxylic acids is 1. The number of hydrogen-bond donors (Lipinski definition) is 2. The molecule has 7 nitrogen and oxygen atoms in total. The summed E-state index contributed by atoms with van der Waals surface area (Å²) < 4.78 is 25.3. The average Bonchev–Trinajstić information content (AvgIpc) is 2.86. The Balaban J connectivity index is 1.56. The van der Waals surface area contributed by atoms with Crippen LogP contribution in [0.2, 0.25) is 5.02 Å². The fourth-order valence-electron chi connectivity index (χ4n) is 4.61. The molecule has 0 radical (unpaired) electrons. The summed E-state index contributed by atoms with van der Waals surface area (Å²) >= 11 is 6.11. The summed E-state index contributed by atoms with van der Waals surface area (Å²) in [6, 6.07) is 15.8. The van der Waals surface area contributed by atoms with Crippen molar-refractivity contribution in [1.29, 1.82) is 0 Å². The molecule has 0 unspecified atom stereocenters. The van der Waals surface area contributed by atoms with Gasteiger partial charge in [-0.15, -0.1) is 0 Å². The molecular weight excluding hydrogens is 525 g/mol. The zero-order valence-electron chi connectivity index (χ0n) is 22.0. The summed E-state index contributed by atoms with van der Waals surface area (Å²) in [7, 11) is 0. The lowest BCUT2D eigenvalue weighted by molar-refractivity contribution is 0.00194. The third-order valence-electron chi connectivity index (χ3n) is 6.46. The van der Waals surface area contributed by atoms with Gasteiger partial charge in [0.15, 0.2) is 0 Å². The largest absolute Gasteiger partial charge is 0.478 e. The lowest BCUT2D eigenvalue weighted by Gasteiger charge is -2.37. The van der Waals surface area contributed by atoms with E-state index in [1.165, 1.54) is 6.07 Å². The molecule has 206 valence electrons. The van der Waals surface area contributed by atoms with Gasteiger partial charge < -0.3 is 24.6 Å². The van der Waals surface area contributed by atoms with Gasteiger partial charge in [0.05, 0.1) is 18.2 Å². The van der Waals surface area contributed by atoms with Crippen LogP contribution in [0.5, 0.6) is 11.5 Å². The van der Waals surface area contributed by atoms with Crippen molar-refractivity contribution < 1.29 is 33.7 Å². The molecule has 1 aliphatic rings. The van der Waals surface area contributed by atoms with E-state index in [4.69, 9.17) is 21.1 Å².